The van der Waals surface area contributed by atoms with Crippen molar-refractivity contribution in [3.8, 4) is 0 Å². The van der Waals surface area contributed by atoms with Crippen LogP contribution in [0.3, 0.4) is 0 Å². The van der Waals surface area contributed by atoms with Gasteiger partial charge in [-0.15, -0.1) is 0 Å². The number of nitrogens with two attached hydrogens (primary N) is 1. The number of aliphatic hydroxyl groups is 1. The topological polar surface area (TPSA) is 141 Å². The Labute approximate surface area is 188 Å². The largest absolute Gasteiger partial charge is 0.478 e. The van der Waals surface area contributed by atoms with Crippen LogP contribution in [-0.4, -0.2) is 46.0 Å². The average molecular weight is 481 g/mol. The number of benzene rings is 2. The van der Waals surface area contributed by atoms with Gasteiger partial charge in [0.15, 0.2) is 10.9 Å². The number of primary amides is 1. The van der Waals surface area contributed by atoms with E-state index in [2.05, 4.69) is 15.6 Å². The molecule has 1 aliphatic heterocycles. The molecule has 0 bridgehead atoms. The number of amides is 1. The minimum absolute atomic E-state index is 0.0144. The van der Waals surface area contributed by atoms with Crippen molar-refractivity contribution in [2.45, 2.75) is 24.5 Å². The molecule has 9 nitrogen and oxygen atoms in total. The van der Waals surface area contributed by atoms with Gasteiger partial charge in [-0.05, 0) is 36.4 Å². The van der Waals surface area contributed by atoms with Crippen molar-refractivity contribution in [1.29, 1.82) is 0 Å². The summed E-state index contributed by atoms with van der Waals surface area (Å²) in [5, 5.41) is 25.8. The molecule has 2 heterocycles. The monoisotopic (exact) mass is 481 g/mol. The number of carboxylic acids is 1. The van der Waals surface area contributed by atoms with Crippen molar-refractivity contribution in [3.63, 3.8) is 0 Å². The fourth-order valence-corrected chi connectivity index (χ4v) is 4.62. The molecule has 0 fully saturated rings. The first-order valence-corrected chi connectivity index (χ1v) is 10.3. The number of halogens is 3. The maximum Gasteiger partial charge on any atom is 0.416 e. The van der Waals surface area contributed by atoms with Crippen LogP contribution in [-0.2, 0) is 11.0 Å². The first kappa shape index (κ1) is 22.6. The third kappa shape index (κ3) is 4.12. The molecule has 2 atom stereocenters. The highest BCUT2D eigenvalue weighted by Gasteiger charge is 2.45. The van der Waals surface area contributed by atoms with Crippen LogP contribution in [0.25, 0.3) is 10.2 Å². The molecule has 4 rings (SSSR count). The summed E-state index contributed by atoms with van der Waals surface area (Å²) in [6.45, 7) is 0. The molecule has 6 N–H and O–H groups in total. The number of rotatable bonds is 6. The number of nitrogens with one attached hydrogen (secondary N) is 2. The molecule has 0 spiro atoms. The lowest BCUT2D eigenvalue weighted by atomic mass is 10.1. The summed E-state index contributed by atoms with van der Waals surface area (Å²) in [7, 11) is 1.63. The number of aliphatic hydroxyl groups excluding tert-OH is 1. The van der Waals surface area contributed by atoms with Gasteiger partial charge in [-0.3, -0.25) is 4.79 Å². The summed E-state index contributed by atoms with van der Waals surface area (Å²) in [4.78, 5) is 28.9. The van der Waals surface area contributed by atoms with Crippen LogP contribution in [0.2, 0.25) is 0 Å². The molecule has 33 heavy (non-hydrogen) atoms. The fourth-order valence-electron chi connectivity index (χ4n) is 3.64. The van der Waals surface area contributed by atoms with Crippen LogP contribution in [0.15, 0.2) is 36.4 Å². The summed E-state index contributed by atoms with van der Waals surface area (Å²) in [5.74, 6) is -3.50. The normalized spacial score (nSPS) is 18.6. The Hall–Kier alpha value is -3.58. The second-order valence-electron chi connectivity index (χ2n) is 7.53. The van der Waals surface area contributed by atoms with Crippen LogP contribution in [0.1, 0.15) is 22.3 Å². The van der Waals surface area contributed by atoms with Crippen LogP contribution in [0, 0.1) is 0 Å². The quantitative estimate of drug-likeness (QED) is 0.362. The minimum Gasteiger partial charge on any atom is -0.478 e. The third-order valence-corrected chi connectivity index (χ3v) is 6.30. The first-order valence-electron chi connectivity index (χ1n) is 9.52. The average Bonchev–Trinajstić information content (AvgIpc) is 3.24. The van der Waals surface area contributed by atoms with Gasteiger partial charge in [0.1, 0.15) is 6.10 Å². The first-order chi connectivity index (χ1) is 15.4. The van der Waals surface area contributed by atoms with E-state index in [9.17, 15) is 33.0 Å². The predicted molar refractivity (Wildman–Crippen MR) is 116 cm³/mol. The van der Waals surface area contributed by atoms with Gasteiger partial charge in [0.25, 0.3) is 0 Å². The molecule has 0 saturated heterocycles. The number of anilines is 3. The predicted octanol–water partition coefficient (Wildman–Crippen LogP) is 2.88. The minimum atomic E-state index is -4.50. The lowest BCUT2D eigenvalue weighted by Crippen LogP contribution is -2.58. The zero-order valence-corrected chi connectivity index (χ0v) is 17.8. The van der Waals surface area contributed by atoms with Crippen molar-refractivity contribution in [2.24, 2.45) is 5.73 Å². The van der Waals surface area contributed by atoms with E-state index in [0.29, 0.717) is 16.9 Å². The molecule has 1 aliphatic rings. The molecule has 0 saturated carbocycles. The van der Waals surface area contributed by atoms with E-state index in [-0.39, 0.29) is 21.8 Å². The zero-order chi connectivity index (χ0) is 24.1. The Balaban J connectivity index is 1.74. The van der Waals surface area contributed by atoms with Gasteiger partial charge in [-0.1, -0.05) is 11.3 Å². The van der Waals surface area contributed by atoms with Crippen molar-refractivity contribution >= 4 is 49.9 Å². The Kier molecular flexibility index (Phi) is 5.33. The molecule has 1 amide bonds. The van der Waals surface area contributed by atoms with Gasteiger partial charge in [0.05, 0.1) is 32.7 Å². The van der Waals surface area contributed by atoms with Gasteiger partial charge < -0.3 is 31.5 Å². The molecule has 0 radical (unpaired) electrons. The number of nitrogens with zero attached hydrogens (tertiary/aromatic N) is 2. The van der Waals surface area contributed by atoms with E-state index < -0.39 is 35.5 Å². The van der Waals surface area contributed by atoms with Gasteiger partial charge >= 0.3 is 12.1 Å². The Bertz CT molecular complexity index is 1260. The lowest BCUT2D eigenvalue weighted by molar-refractivity contribution is -0.137. The summed E-state index contributed by atoms with van der Waals surface area (Å²) in [6.07, 6.45) is -6.37. The smallest absolute Gasteiger partial charge is 0.416 e. The molecule has 13 heteroatoms. The maximum absolute atomic E-state index is 13.1. The number of alkyl halides is 3. The van der Waals surface area contributed by atoms with Crippen molar-refractivity contribution in [3.05, 3.63) is 47.5 Å². The van der Waals surface area contributed by atoms with E-state index >= 15 is 0 Å². The highest BCUT2D eigenvalue weighted by molar-refractivity contribution is 7.22. The van der Waals surface area contributed by atoms with Crippen LogP contribution in [0.4, 0.5) is 29.7 Å². The van der Waals surface area contributed by atoms with Crippen molar-refractivity contribution < 1.29 is 33.0 Å². The van der Waals surface area contributed by atoms with Gasteiger partial charge in [0.2, 0.25) is 5.91 Å². The van der Waals surface area contributed by atoms with Gasteiger partial charge in [0, 0.05) is 13.5 Å². The highest BCUT2D eigenvalue weighted by atomic mass is 32.1. The number of fused-ring (bicyclic) bond motifs is 2. The van der Waals surface area contributed by atoms with Crippen molar-refractivity contribution in [2.75, 3.05) is 22.6 Å². The van der Waals surface area contributed by atoms with E-state index in [0.717, 1.165) is 23.5 Å². The number of thiazole rings is 1. The second-order valence-corrected chi connectivity index (χ2v) is 8.56. The van der Waals surface area contributed by atoms with Crippen LogP contribution >= 0.6 is 11.3 Å². The second kappa shape index (κ2) is 7.78. The lowest BCUT2D eigenvalue weighted by Gasteiger charge is -2.39. The summed E-state index contributed by atoms with van der Waals surface area (Å²) in [6, 6.07) is 7.52. The van der Waals surface area contributed by atoms with E-state index in [1.807, 2.05) is 0 Å². The number of hydrogen-bond donors (Lipinski definition) is 5. The van der Waals surface area contributed by atoms with Crippen LogP contribution in [0.5, 0.6) is 0 Å². The summed E-state index contributed by atoms with van der Waals surface area (Å²) < 4.78 is 39.5. The van der Waals surface area contributed by atoms with Gasteiger partial charge in [-0.25, -0.2) is 9.78 Å². The number of aromatic carboxylic acids is 1. The van der Waals surface area contributed by atoms with Crippen molar-refractivity contribution in [1.82, 2.24) is 4.98 Å². The number of carboxylic acid groups (broad SMARTS) is 1. The number of carbonyl (C=O) groups is 2. The SMILES string of the molecule is CN1c2ccc(C(=O)O)cc2NC1(C[C@@H](O)C(N)=O)Nc1nc2ccc(C(F)(F)F)cc2s1. The summed E-state index contributed by atoms with van der Waals surface area (Å²) >= 11 is 0.956. The molecule has 1 unspecified atom stereocenters. The molecule has 2 aromatic carbocycles. The van der Waals surface area contributed by atoms with Crippen LogP contribution < -0.4 is 21.3 Å². The highest BCUT2D eigenvalue weighted by Crippen LogP contribution is 2.43. The fraction of sp³-hybridized carbons (Fsp3) is 0.250. The third-order valence-electron chi connectivity index (χ3n) is 5.37. The van der Waals surface area contributed by atoms with E-state index in [4.69, 9.17) is 5.73 Å². The molecule has 3 aromatic rings. The molecule has 1 aromatic heterocycles. The van der Waals surface area contributed by atoms with E-state index in [1.165, 1.54) is 18.2 Å². The van der Waals surface area contributed by atoms with Gasteiger partial charge in [-0.2, -0.15) is 13.2 Å². The maximum atomic E-state index is 13.1. The molecular formula is C20H18F3N5O4S. The standard InChI is InChI=1S/C20H18F3N5O4S/c1-28-13-5-2-9(17(31)32)6-12(13)26-19(28,8-14(29)16(24)30)27-18-25-11-4-3-10(20(21,22)23)7-15(11)33-18/h2-7,14,26,29H,8H2,1H3,(H2,24,30)(H,25,27)(H,31,32)/t14-,19?/m1/s1. The molecule has 0 aliphatic carbocycles. The number of hydrogen-bond acceptors (Lipinski definition) is 8. The Morgan fingerprint density at radius 3 is 2.67 bits per heavy atom. The number of carbonyl (C=O) groups excluding carboxylic acids is 1. The number of aromatic nitrogens is 1. The van der Waals surface area contributed by atoms with E-state index in [1.54, 1.807) is 18.0 Å². The Morgan fingerprint density at radius 1 is 1.30 bits per heavy atom. The summed E-state index contributed by atoms with van der Waals surface area (Å²) in [5.41, 5.74) is 5.73. The molecular weight excluding hydrogens is 463 g/mol. The zero-order valence-electron chi connectivity index (χ0n) is 17.0. The molecule has 174 valence electrons. The Morgan fingerprint density at radius 2 is 2.03 bits per heavy atom.